The van der Waals surface area contributed by atoms with Gasteiger partial charge >= 0.3 is 0 Å². The van der Waals surface area contributed by atoms with E-state index in [9.17, 15) is 6.48 Å². The molecule has 1 N–H and O–H groups in total. The van der Waals surface area contributed by atoms with E-state index in [1.165, 1.54) is 12.1 Å². The third-order valence-electron chi connectivity index (χ3n) is 9.44. The Bertz CT molecular complexity index is 3410. The number of hydrogen-bond acceptors (Lipinski definition) is 3. The SMILES string of the molecule is [2H]c1cc(-c2c([2H])c([2H])c(C(C([2H])([2H])[2H])(C([2H])([2H])[2H])C([2H])([2H])[2H])c([2H])c2[2H])c([2H])c(-c2cc(-c3cccc4c3nc(-c3ccccc3O)n4-c3ccc(C([2H])([2H])[2H])cc3-c3ccccc3)cc(C(C)(C)C)c2)n1. The molecule has 0 atom stereocenters. The molecule has 4 heteroatoms. The zero-order chi connectivity index (χ0) is 53.7. The largest absolute Gasteiger partial charge is 0.507 e. The number of benzene rings is 6. The van der Waals surface area contributed by atoms with Gasteiger partial charge in [-0.05, 0) is 106 Å². The first-order chi connectivity index (χ1) is 33.8. The molecule has 2 aromatic heterocycles. The highest BCUT2D eigenvalue weighted by Crippen LogP contribution is 2.42. The molecule has 0 spiro atoms. The fraction of sp³-hybridized carbons (Fsp3) is 0.176. The highest BCUT2D eigenvalue weighted by atomic mass is 16.3. The van der Waals surface area contributed by atoms with Gasteiger partial charge < -0.3 is 5.11 Å². The second kappa shape index (κ2) is 13.9. The minimum absolute atomic E-state index is 0.0688. The van der Waals surface area contributed by atoms with E-state index in [1.54, 1.807) is 42.5 Å². The van der Waals surface area contributed by atoms with Gasteiger partial charge in [-0.25, -0.2) is 4.98 Å². The highest BCUT2D eigenvalue weighted by Gasteiger charge is 2.23. The number of aromatic nitrogens is 3. The highest BCUT2D eigenvalue weighted by molar-refractivity contribution is 5.97. The van der Waals surface area contributed by atoms with Crippen LogP contribution in [0.2, 0.25) is 0 Å². The van der Waals surface area contributed by atoms with E-state index >= 15 is 0 Å². The maximum atomic E-state index is 11.4. The molecule has 0 radical (unpaired) electrons. The molecule has 0 unspecified atom stereocenters. The van der Waals surface area contributed by atoms with E-state index in [0.29, 0.717) is 44.8 Å². The lowest BCUT2D eigenvalue weighted by Crippen LogP contribution is -2.11. The van der Waals surface area contributed by atoms with Crippen molar-refractivity contribution < 1.29 is 29.8 Å². The molecule has 272 valence electrons. The van der Waals surface area contributed by atoms with Crippen LogP contribution < -0.4 is 0 Å². The fourth-order valence-corrected chi connectivity index (χ4v) is 6.61. The molecular formula is C51H47N3O. The van der Waals surface area contributed by atoms with Crippen LogP contribution >= 0.6 is 0 Å². The lowest BCUT2D eigenvalue weighted by molar-refractivity contribution is 0.477. The average molecular weight is 736 g/mol. The standard InChI is InChI=1S/C51H47N3O/c1-33-20-25-45(43(28-33)35-14-9-8-10-15-35)54-46-18-13-17-41(48(46)53-49(54)42-16-11-12-19-47(42)55)37-29-38(31-40(30-37)51(5,6)7)44-32-36(26-27-52-44)34-21-23-39(24-22-34)50(2,3)4/h8-32,55H,1-7H3/i1D3,2D3,3D3,4D3,21D,22D,23D,24D,27D,32D. The van der Waals surface area contributed by atoms with Crippen LogP contribution in [0.5, 0.6) is 5.75 Å². The first kappa shape index (κ1) is 20.4. The van der Waals surface area contributed by atoms with Gasteiger partial charge in [-0.3, -0.25) is 9.55 Å². The van der Waals surface area contributed by atoms with Crippen molar-refractivity contribution in [1.82, 2.24) is 14.5 Å². The molecule has 8 rings (SSSR count). The molecule has 0 amide bonds. The monoisotopic (exact) mass is 735 g/mol. The molecule has 0 saturated carbocycles. The van der Waals surface area contributed by atoms with E-state index < -0.39 is 85.7 Å². The van der Waals surface area contributed by atoms with E-state index in [-0.39, 0.29) is 28.1 Å². The van der Waals surface area contributed by atoms with Crippen molar-refractivity contribution in [3.63, 3.8) is 0 Å². The van der Waals surface area contributed by atoms with Crippen LogP contribution in [0.1, 0.15) is 82.7 Å². The lowest BCUT2D eigenvalue weighted by Gasteiger charge is -2.22. The topological polar surface area (TPSA) is 50.9 Å². The summed E-state index contributed by atoms with van der Waals surface area (Å²) < 4.78 is 155. The summed E-state index contributed by atoms with van der Waals surface area (Å²) in [6.07, 6.45) is -0.474. The minimum atomic E-state index is -3.89. The van der Waals surface area contributed by atoms with Crippen LogP contribution in [-0.4, -0.2) is 19.6 Å². The van der Waals surface area contributed by atoms with Gasteiger partial charge in [-0.15, -0.1) is 0 Å². The van der Waals surface area contributed by atoms with Crippen LogP contribution in [0, 0.1) is 6.85 Å². The molecule has 8 aromatic rings. The first-order valence-electron chi connectivity index (χ1n) is 26.6. The second-order valence-corrected chi connectivity index (χ2v) is 14.4. The number of phenolic OH excluding ortho intramolecular Hbond substituents is 1. The van der Waals surface area contributed by atoms with Crippen molar-refractivity contribution in [3.8, 4) is 67.5 Å². The van der Waals surface area contributed by atoms with Gasteiger partial charge in [0.2, 0.25) is 0 Å². The van der Waals surface area contributed by atoms with Gasteiger partial charge in [0.1, 0.15) is 11.6 Å². The normalized spacial score (nSPS) is 17.7. The summed E-state index contributed by atoms with van der Waals surface area (Å²) in [4.78, 5) is 9.64. The van der Waals surface area contributed by atoms with Gasteiger partial charge in [0.15, 0.2) is 0 Å². The Labute approximate surface area is 350 Å². The zero-order valence-corrected chi connectivity index (χ0v) is 30.3. The second-order valence-electron chi connectivity index (χ2n) is 14.4. The Morgan fingerprint density at radius 1 is 0.618 bits per heavy atom. The Balaban J connectivity index is 1.40. The molecule has 0 aliphatic heterocycles. The van der Waals surface area contributed by atoms with Crippen LogP contribution in [-0.2, 0) is 10.8 Å². The number of imidazole rings is 1. The molecule has 0 saturated heterocycles. The predicted octanol–water partition coefficient (Wildman–Crippen LogP) is 13.4. The van der Waals surface area contributed by atoms with Crippen LogP contribution in [0.4, 0.5) is 0 Å². The fourth-order valence-electron chi connectivity index (χ4n) is 6.61. The summed E-state index contributed by atoms with van der Waals surface area (Å²) in [5.74, 6) is 0.258. The molecule has 6 aromatic carbocycles. The summed E-state index contributed by atoms with van der Waals surface area (Å²) in [7, 11) is 0. The molecule has 4 nitrogen and oxygen atoms in total. The Hall–Kier alpha value is -6.26. The molecule has 2 heterocycles. The molecule has 0 fully saturated rings. The maximum Gasteiger partial charge on any atom is 0.149 e. The van der Waals surface area contributed by atoms with Crippen molar-refractivity contribution in [2.45, 2.75) is 59.0 Å². The third kappa shape index (κ3) is 6.97. The van der Waals surface area contributed by atoms with Crippen molar-refractivity contribution in [3.05, 3.63) is 168 Å². The lowest BCUT2D eigenvalue weighted by atomic mass is 9.83. The minimum Gasteiger partial charge on any atom is -0.507 e. The number of pyridine rings is 1. The number of para-hydroxylation sites is 2. The maximum absolute atomic E-state index is 11.4. The van der Waals surface area contributed by atoms with Crippen LogP contribution in [0.15, 0.2) is 152 Å². The number of fused-ring (bicyclic) bond motifs is 1. The summed E-state index contributed by atoms with van der Waals surface area (Å²) in [5.41, 5.74) is -1.36. The first-order valence-corrected chi connectivity index (χ1v) is 17.6. The summed E-state index contributed by atoms with van der Waals surface area (Å²) in [5, 5.41) is 11.4. The Kier molecular flexibility index (Phi) is 5.15. The summed E-state index contributed by atoms with van der Waals surface area (Å²) in [6, 6.07) is 27.7. The number of rotatable bonds is 6. The molecular weight excluding hydrogens is 671 g/mol. The smallest absolute Gasteiger partial charge is 0.149 e. The van der Waals surface area contributed by atoms with E-state index in [2.05, 4.69) is 4.98 Å². The van der Waals surface area contributed by atoms with Gasteiger partial charge in [0.25, 0.3) is 0 Å². The van der Waals surface area contributed by atoms with Crippen molar-refractivity contribution >= 4 is 11.0 Å². The average Bonchev–Trinajstić information content (AvgIpc) is 3.68. The number of aryl methyl sites for hydroxylation is 1. The number of hydrogen-bond donors (Lipinski definition) is 1. The van der Waals surface area contributed by atoms with E-state index in [1.807, 2.05) is 79.9 Å². The van der Waals surface area contributed by atoms with E-state index in [0.717, 1.165) is 17.2 Å². The molecule has 55 heavy (non-hydrogen) atoms. The quantitative estimate of drug-likeness (QED) is 0.185. The van der Waals surface area contributed by atoms with Crippen molar-refractivity contribution in [2.24, 2.45) is 0 Å². The molecule has 0 aliphatic rings. The molecule has 0 aliphatic carbocycles. The van der Waals surface area contributed by atoms with Gasteiger partial charge in [-0.1, -0.05) is 138 Å². The number of nitrogens with zero attached hydrogens (tertiary/aromatic N) is 3. The number of aromatic hydroxyl groups is 1. The molecule has 0 bridgehead atoms. The van der Waals surface area contributed by atoms with E-state index in [4.69, 9.17) is 28.3 Å². The summed E-state index contributed by atoms with van der Waals surface area (Å²) >= 11 is 0. The van der Waals surface area contributed by atoms with Crippen molar-refractivity contribution in [1.29, 1.82) is 0 Å². The van der Waals surface area contributed by atoms with Crippen LogP contribution in [0.25, 0.3) is 72.7 Å². The van der Waals surface area contributed by atoms with Gasteiger partial charge in [0, 0.05) is 39.3 Å². The van der Waals surface area contributed by atoms with Gasteiger partial charge in [0.05, 0.1) is 36.2 Å². The Morgan fingerprint density at radius 3 is 2.11 bits per heavy atom. The third-order valence-corrected chi connectivity index (χ3v) is 9.44. The van der Waals surface area contributed by atoms with Gasteiger partial charge in [-0.2, -0.15) is 0 Å². The van der Waals surface area contributed by atoms with Crippen molar-refractivity contribution in [2.75, 3.05) is 0 Å². The number of phenols is 1. The summed E-state index contributed by atoms with van der Waals surface area (Å²) in [6.45, 7) is -8.23. The Morgan fingerprint density at radius 2 is 1.36 bits per heavy atom. The van der Waals surface area contributed by atoms with Crippen LogP contribution in [0.3, 0.4) is 0 Å². The zero-order valence-electron chi connectivity index (χ0n) is 48.3. The predicted molar refractivity (Wildman–Crippen MR) is 230 cm³/mol.